The first-order valence-electron chi connectivity index (χ1n) is 11.8. The van der Waals surface area contributed by atoms with Crippen LogP contribution in [0.1, 0.15) is 0 Å². The van der Waals surface area contributed by atoms with E-state index in [-0.39, 0.29) is 5.56 Å². The molecule has 4 aromatic heterocycles. The third kappa shape index (κ3) is 3.64. The number of hydrogen-bond donors (Lipinski definition) is 1. The molecule has 0 bridgehead atoms. The summed E-state index contributed by atoms with van der Waals surface area (Å²) in [6, 6.07) is 32.4. The van der Waals surface area contributed by atoms with E-state index in [0.717, 1.165) is 55.1 Å². The van der Waals surface area contributed by atoms with Crippen LogP contribution in [0.4, 0.5) is 0 Å². The molecule has 176 valence electrons. The molecule has 6 nitrogen and oxygen atoms in total. The standard InChI is InChI=1S/C30H19N5OS/c36-29-28-27(31-18-32-29)25-22(16-24(33-30(25)37-28)19-10-4-1-5-11-19)23-17-35(21-14-8-3-9-15-21)34-26(23)20-12-6-2-7-13-20/h1-18H,(H,31,32,36). The third-order valence-electron chi connectivity index (χ3n) is 6.39. The minimum absolute atomic E-state index is 0.257. The second-order valence-corrected chi connectivity index (χ2v) is 9.65. The van der Waals surface area contributed by atoms with Gasteiger partial charge in [0.25, 0.3) is 5.56 Å². The molecule has 7 heteroatoms. The molecule has 0 aliphatic carbocycles. The Morgan fingerprint density at radius 1 is 0.784 bits per heavy atom. The van der Waals surface area contributed by atoms with Crippen LogP contribution < -0.4 is 5.56 Å². The summed E-state index contributed by atoms with van der Waals surface area (Å²) >= 11 is 1.37. The molecule has 0 fully saturated rings. The zero-order valence-corrected chi connectivity index (χ0v) is 20.3. The van der Waals surface area contributed by atoms with Crippen LogP contribution in [0.3, 0.4) is 0 Å². The minimum Gasteiger partial charge on any atom is -0.344 e. The van der Waals surface area contributed by atoms with E-state index in [1.807, 2.05) is 83.5 Å². The summed E-state index contributed by atoms with van der Waals surface area (Å²) in [5.74, 6) is 0. The number of benzene rings is 3. The molecule has 37 heavy (non-hydrogen) atoms. The van der Waals surface area contributed by atoms with E-state index in [4.69, 9.17) is 10.1 Å². The second kappa shape index (κ2) is 8.65. The van der Waals surface area contributed by atoms with Crippen molar-refractivity contribution < 1.29 is 0 Å². The molecule has 3 aromatic carbocycles. The minimum atomic E-state index is -0.257. The van der Waals surface area contributed by atoms with Crippen LogP contribution in [-0.4, -0.2) is 24.7 Å². The maximum Gasteiger partial charge on any atom is 0.290 e. The molecule has 0 amide bonds. The number of fused-ring (bicyclic) bond motifs is 3. The summed E-state index contributed by atoms with van der Waals surface area (Å²) < 4.78 is 2.47. The van der Waals surface area contributed by atoms with E-state index in [1.54, 1.807) is 0 Å². The lowest BCUT2D eigenvalue weighted by Crippen LogP contribution is -2.03. The van der Waals surface area contributed by atoms with Crippen molar-refractivity contribution in [2.24, 2.45) is 0 Å². The van der Waals surface area contributed by atoms with Gasteiger partial charge >= 0.3 is 0 Å². The van der Waals surface area contributed by atoms with Crippen LogP contribution in [0.25, 0.3) is 59.8 Å². The number of aromatic amines is 1. The average Bonchev–Trinajstić information content (AvgIpc) is 3.57. The predicted octanol–water partition coefficient (Wildman–Crippen LogP) is 6.72. The van der Waals surface area contributed by atoms with Gasteiger partial charge in [-0.15, -0.1) is 11.3 Å². The van der Waals surface area contributed by atoms with Gasteiger partial charge in [0.1, 0.15) is 15.2 Å². The summed E-state index contributed by atoms with van der Waals surface area (Å²) in [7, 11) is 0. The van der Waals surface area contributed by atoms with Gasteiger partial charge in [0.15, 0.2) is 0 Å². The summed E-state index contributed by atoms with van der Waals surface area (Å²) in [6.07, 6.45) is 3.52. The number of thiophene rings is 1. The molecular formula is C30H19N5OS. The Morgan fingerprint density at radius 3 is 2.19 bits per heavy atom. The SMILES string of the molecule is O=c1nc[nH]c2c1sc1nc(-c3ccccc3)cc(-c3cn(-c4ccccc4)nc3-c3ccccc3)c12. The first kappa shape index (κ1) is 21.4. The molecule has 0 spiro atoms. The molecule has 0 radical (unpaired) electrons. The number of pyridine rings is 1. The average molecular weight is 498 g/mol. The van der Waals surface area contributed by atoms with Crippen molar-refractivity contribution in [1.29, 1.82) is 0 Å². The van der Waals surface area contributed by atoms with Crippen LogP contribution >= 0.6 is 11.3 Å². The Kier molecular flexibility index (Phi) is 5.01. The highest BCUT2D eigenvalue weighted by atomic mass is 32.1. The lowest BCUT2D eigenvalue weighted by Gasteiger charge is -2.09. The molecule has 0 atom stereocenters. The highest BCUT2D eigenvalue weighted by Crippen LogP contribution is 2.42. The molecule has 4 heterocycles. The quantitative estimate of drug-likeness (QED) is 0.293. The zero-order valence-electron chi connectivity index (χ0n) is 19.5. The van der Waals surface area contributed by atoms with Crippen LogP contribution in [-0.2, 0) is 0 Å². The maximum atomic E-state index is 12.7. The Morgan fingerprint density at radius 2 is 1.46 bits per heavy atom. The van der Waals surface area contributed by atoms with Crippen LogP contribution in [0.15, 0.2) is 114 Å². The fraction of sp³-hybridized carbons (Fsp3) is 0. The number of aromatic nitrogens is 5. The summed E-state index contributed by atoms with van der Waals surface area (Å²) in [5.41, 5.74) is 7.06. The largest absolute Gasteiger partial charge is 0.344 e. The van der Waals surface area contributed by atoms with Crippen molar-refractivity contribution in [3.8, 4) is 39.3 Å². The number of hydrogen-bond acceptors (Lipinski definition) is 5. The molecule has 7 rings (SSSR count). The number of nitrogens with zero attached hydrogens (tertiary/aromatic N) is 4. The van der Waals surface area contributed by atoms with Gasteiger partial charge in [-0.1, -0.05) is 78.9 Å². The maximum absolute atomic E-state index is 12.7. The van der Waals surface area contributed by atoms with Gasteiger partial charge in [0.2, 0.25) is 0 Å². The first-order chi connectivity index (χ1) is 18.3. The van der Waals surface area contributed by atoms with E-state index in [2.05, 4.69) is 34.4 Å². The Hall–Kier alpha value is -4.88. The molecular weight excluding hydrogens is 478 g/mol. The lowest BCUT2D eigenvalue weighted by molar-refractivity contribution is 0.884. The van der Waals surface area contributed by atoms with E-state index in [0.29, 0.717) is 4.70 Å². The number of rotatable bonds is 4. The van der Waals surface area contributed by atoms with Gasteiger partial charge in [0, 0.05) is 33.8 Å². The number of nitrogens with one attached hydrogen (secondary N) is 1. The number of para-hydroxylation sites is 1. The molecule has 0 saturated heterocycles. The Labute approximate surface area is 215 Å². The summed E-state index contributed by atoms with van der Waals surface area (Å²) in [6.45, 7) is 0. The topological polar surface area (TPSA) is 76.5 Å². The summed E-state index contributed by atoms with van der Waals surface area (Å²) in [5, 5.41) is 5.93. The number of H-pyrrole nitrogens is 1. The smallest absolute Gasteiger partial charge is 0.290 e. The van der Waals surface area contributed by atoms with Gasteiger partial charge in [-0.3, -0.25) is 4.79 Å². The van der Waals surface area contributed by atoms with Crippen LogP contribution in [0.5, 0.6) is 0 Å². The normalized spacial score (nSPS) is 11.4. The van der Waals surface area contributed by atoms with Gasteiger partial charge < -0.3 is 4.98 Å². The summed E-state index contributed by atoms with van der Waals surface area (Å²) in [4.78, 5) is 25.6. The molecule has 1 N–H and O–H groups in total. The van der Waals surface area contributed by atoms with E-state index < -0.39 is 0 Å². The Balaban J connectivity index is 1.60. The van der Waals surface area contributed by atoms with Gasteiger partial charge in [-0.2, -0.15) is 10.1 Å². The van der Waals surface area contributed by atoms with Crippen molar-refractivity contribution in [2.75, 3.05) is 0 Å². The van der Waals surface area contributed by atoms with Crippen molar-refractivity contribution >= 4 is 31.8 Å². The van der Waals surface area contributed by atoms with Crippen LogP contribution in [0, 0.1) is 0 Å². The van der Waals surface area contributed by atoms with E-state index in [1.165, 1.54) is 17.7 Å². The highest BCUT2D eigenvalue weighted by Gasteiger charge is 2.22. The monoisotopic (exact) mass is 497 g/mol. The fourth-order valence-electron chi connectivity index (χ4n) is 4.66. The lowest BCUT2D eigenvalue weighted by atomic mass is 9.97. The third-order valence-corrected chi connectivity index (χ3v) is 7.46. The Bertz CT molecular complexity index is 1940. The van der Waals surface area contributed by atoms with Crippen molar-refractivity contribution in [3.05, 3.63) is 120 Å². The zero-order chi connectivity index (χ0) is 24.8. The predicted molar refractivity (Wildman–Crippen MR) is 149 cm³/mol. The fourth-order valence-corrected chi connectivity index (χ4v) is 5.72. The highest BCUT2D eigenvalue weighted by molar-refractivity contribution is 7.25. The molecule has 0 aliphatic heterocycles. The van der Waals surface area contributed by atoms with Crippen molar-refractivity contribution in [1.82, 2.24) is 24.7 Å². The van der Waals surface area contributed by atoms with Gasteiger partial charge in [-0.25, -0.2) is 9.67 Å². The van der Waals surface area contributed by atoms with Crippen LogP contribution in [0.2, 0.25) is 0 Å². The van der Waals surface area contributed by atoms with E-state index >= 15 is 0 Å². The van der Waals surface area contributed by atoms with Gasteiger partial charge in [0.05, 0.1) is 23.2 Å². The van der Waals surface area contributed by atoms with Crippen molar-refractivity contribution in [2.45, 2.75) is 0 Å². The molecule has 0 unspecified atom stereocenters. The molecule has 0 aliphatic rings. The van der Waals surface area contributed by atoms with Crippen molar-refractivity contribution in [3.63, 3.8) is 0 Å². The first-order valence-corrected chi connectivity index (χ1v) is 12.7. The second-order valence-electron chi connectivity index (χ2n) is 8.65. The van der Waals surface area contributed by atoms with Gasteiger partial charge in [-0.05, 0) is 18.2 Å². The van der Waals surface area contributed by atoms with E-state index in [9.17, 15) is 4.79 Å². The molecule has 7 aromatic rings. The molecule has 0 saturated carbocycles.